The molecule has 3 aliphatic rings. The predicted molar refractivity (Wildman–Crippen MR) is 100 cm³/mol. The van der Waals surface area contributed by atoms with Crippen LogP contribution in [0.2, 0.25) is 0 Å². The second kappa shape index (κ2) is 7.90. The molecule has 0 bridgehead atoms. The lowest BCUT2D eigenvalue weighted by Gasteiger charge is -2.28. The fourth-order valence-electron chi connectivity index (χ4n) is 4.93. The molecule has 2 fully saturated rings. The number of urea groups is 1. The summed E-state index contributed by atoms with van der Waals surface area (Å²) in [5, 5.41) is 20.1. The molecule has 1 aromatic rings. The number of aromatic nitrogens is 2. The number of nitrogens with one attached hydrogen (secondary N) is 2. The van der Waals surface area contributed by atoms with E-state index in [1.807, 2.05) is 0 Å². The maximum atomic E-state index is 12.5. The van der Waals surface area contributed by atoms with E-state index in [-0.39, 0.29) is 24.0 Å². The van der Waals surface area contributed by atoms with E-state index in [1.165, 1.54) is 31.2 Å². The van der Waals surface area contributed by atoms with E-state index in [4.69, 9.17) is 10.2 Å². The van der Waals surface area contributed by atoms with E-state index in [2.05, 4.69) is 21.5 Å². The summed E-state index contributed by atoms with van der Waals surface area (Å²) >= 11 is 0. The van der Waals surface area contributed by atoms with Crippen LogP contribution in [-0.4, -0.2) is 32.9 Å². The van der Waals surface area contributed by atoms with Gasteiger partial charge >= 0.3 is 12.0 Å². The summed E-state index contributed by atoms with van der Waals surface area (Å²) in [5.74, 6) is -0.975. The molecule has 1 heterocycles. The maximum absolute atomic E-state index is 12.5. The average molecular weight is 374 g/mol. The lowest BCUT2D eigenvalue weighted by Crippen LogP contribution is -2.45. The maximum Gasteiger partial charge on any atom is 0.315 e. The van der Waals surface area contributed by atoms with Gasteiger partial charge in [-0.2, -0.15) is 5.10 Å². The molecule has 1 aromatic heterocycles. The van der Waals surface area contributed by atoms with Gasteiger partial charge in [0, 0.05) is 12.2 Å². The van der Waals surface area contributed by atoms with Crippen molar-refractivity contribution < 1.29 is 14.7 Å². The van der Waals surface area contributed by atoms with Gasteiger partial charge in [-0.15, -0.1) is 0 Å². The number of hydrogen-bond acceptors (Lipinski definition) is 3. The fourth-order valence-corrected chi connectivity index (χ4v) is 4.93. The molecule has 0 aliphatic heterocycles. The first-order valence-corrected chi connectivity index (χ1v) is 10.5. The number of carboxylic acid groups (broad SMARTS) is 1. The molecule has 3 aliphatic carbocycles. The van der Waals surface area contributed by atoms with Crippen molar-refractivity contribution in [1.29, 1.82) is 0 Å². The summed E-state index contributed by atoms with van der Waals surface area (Å²) < 4.78 is 2.14. The van der Waals surface area contributed by atoms with Gasteiger partial charge in [-0.1, -0.05) is 12.8 Å². The van der Waals surface area contributed by atoms with Crippen molar-refractivity contribution in [2.75, 3.05) is 0 Å². The van der Waals surface area contributed by atoms with Crippen LogP contribution in [0.4, 0.5) is 4.79 Å². The number of carbonyl (C=O) groups excluding carboxylic acids is 1. The number of nitrogens with zero attached hydrogens (tertiary/aromatic N) is 2. The Bertz CT molecular complexity index is 687. The predicted octanol–water partition coefficient (Wildman–Crippen LogP) is 3.32. The Labute approximate surface area is 159 Å². The molecule has 2 amide bonds. The highest BCUT2D eigenvalue weighted by atomic mass is 16.4. The second-order valence-corrected chi connectivity index (χ2v) is 8.41. The van der Waals surface area contributed by atoms with Crippen molar-refractivity contribution in [3.8, 4) is 0 Å². The molecule has 148 valence electrons. The number of aryl methyl sites for hydroxylation is 1. The molecule has 1 atom stereocenters. The summed E-state index contributed by atoms with van der Waals surface area (Å²) in [7, 11) is 0. The number of carbonyl (C=O) groups is 2. The summed E-state index contributed by atoms with van der Waals surface area (Å²) in [6, 6.07) is 0.419. The van der Waals surface area contributed by atoms with Gasteiger partial charge in [0.15, 0.2) is 0 Å². The molecule has 0 aromatic carbocycles. The van der Waals surface area contributed by atoms with Gasteiger partial charge < -0.3 is 15.7 Å². The highest BCUT2D eigenvalue weighted by molar-refractivity contribution is 5.75. The minimum atomic E-state index is -0.717. The lowest BCUT2D eigenvalue weighted by atomic mass is 9.86. The normalized spacial score (nSPS) is 28.5. The zero-order valence-electron chi connectivity index (χ0n) is 15.8. The van der Waals surface area contributed by atoms with Crippen molar-refractivity contribution in [3.63, 3.8) is 0 Å². The number of rotatable bonds is 4. The van der Waals surface area contributed by atoms with Crippen LogP contribution in [0.3, 0.4) is 0 Å². The Morgan fingerprint density at radius 2 is 1.74 bits per heavy atom. The summed E-state index contributed by atoms with van der Waals surface area (Å²) in [5.41, 5.74) is 2.32. The Morgan fingerprint density at radius 1 is 1.00 bits per heavy atom. The van der Waals surface area contributed by atoms with E-state index < -0.39 is 5.97 Å². The van der Waals surface area contributed by atoms with E-state index in [9.17, 15) is 9.59 Å². The zero-order valence-corrected chi connectivity index (χ0v) is 15.8. The molecule has 4 rings (SSSR count). The quantitative estimate of drug-likeness (QED) is 0.753. The Morgan fingerprint density at radius 3 is 2.44 bits per heavy atom. The molecule has 0 saturated heterocycles. The molecule has 0 spiro atoms. The average Bonchev–Trinajstić information content (AvgIpc) is 3.32. The number of hydrogen-bond donors (Lipinski definition) is 3. The minimum Gasteiger partial charge on any atom is -0.481 e. The molecular weight excluding hydrogens is 344 g/mol. The van der Waals surface area contributed by atoms with Crippen LogP contribution < -0.4 is 10.6 Å². The van der Waals surface area contributed by atoms with Crippen LogP contribution in [0.15, 0.2) is 6.20 Å². The third-order valence-electron chi connectivity index (χ3n) is 6.53. The van der Waals surface area contributed by atoms with Gasteiger partial charge in [0.05, 0.1) is 23.7 Å². The van der Waals surface area contributed by atoms with Crippen LogP contribution in [-0.2, 0) is 11.2 Å². The van der Waals surface area contributed by atoms with Crippen LogP contribution >= 0.6 is 0 Å². The van der Waals surface area contributed by atoms with Crippen molar-refractivity contribution in [3.05, 3.63) is 17.5 Å². The lowest BCUT2D eigenvalue weighted by molar-refractivity contribution is -0.142. The third kappa shape index (κ3) is 4.12. The van der Waals surface area contributed by atoms with Crippen molar-refractivity contribution in [2.24, 2.45) is 5.92 Å². The largest absolute Gasteiger partial charge is 0.481 e. The van der Waals surface area contributed by atoms with Crippen molar-refractivity contribution in [1.82, 2.24) is 20.4 Å². The number of amides is 2. The van der Waals surface area contributed by atoms with Gasteiger partial charge in [-0.05, 0) is 63.4 Å². The summed E-state index contributed by atoms with van der Waals surface area (Å²) in [6.45, 7) is 0. The van der Waals surface area contributed by atoms with Gasteiger partial charge in [-0.3, -0.25) is 9.48 Å². The van der Waals surface area contributed by atoms with E-state index >= 15 is 0 Å². The third-order valence-corrected chi connectivity index (χ3v) is 6.53. The van der Waals surface area contributed by atoms with Crippen LogP contribution in [0.25, 0.3) is 0 Å². The molecule has 3 N–H and O–H groups in total. The van der Waals surface area contributed by atoms with Gasteiger partial charge in [-0.25, -0.2) is 4.79 Å². The molecule has 27 heavy (non-hydrogen) atoms. The van der Waals surface area contributed by atoms with Crippen LogP contribution in [0.1, 0.15) is 87.5 Å². The van der Waals surface area contributed by atoms with Crippen molar-refractivity contribution >= 4 is 12.0 Å². The second-order valence-electron chi connectivity index (χ2n) is 8.41. The van der Waals surface area contributed by atoms with Crippen LogP contribution in [0, 0.1) is 5.92 Å². The van der Waals surface area contributed by atoms with Crippen LogP contribution in [0.5, 0.6) is 0 Å². The Kier molecular flexibility index (Phi) is 5.36. The SMILES string of the molecule is O=C(NC1CCC(C(=O)O)CC1)NC1CCCc2cn(C3CCCC3)nc21. The molecule has 7 nitrogen and oxygen atoms in total. The smallest absolute Gasteiger partial charge is 0.315 e. The standard InChI is InChI=1S/C20H30N4O3/c25-19(26)13-8-10-15(11-9-13)21-20(27)22-17-7-3-4-14-12-24(23-18(14)17)16-5-1-2-6-16/h12-13,15-17H,1-11H2,(H,25,26)(H2,21,22,27). The summed E-state index contributed by atoms with van der Waals surface area (Å²) in [6.07, 6.45) is 13.0. The molecule has 7 heteroatoms. The minimum absolute atomic E-state index is 0.0215. The molecular formula is C20H30N4O3. The molecule has 1 unspecified atom stereocenters. The molecule has 2 saturated carbocycles. The number of carboxylic acids is 1. The first-order chi connectivity index (χ1) is 13.1. The highest BCUT2D eigenvalue weighted by Crippen LogP contribution is 2.34. The monoisotopic (exact) mass is 374 g/mol. The van der Waals surface area contributed by atoms with Gasteiger partial charge in [0.2, 0.25) is 0 Å². The Hall–Kier alpha value is -2.05. The topological polar surface area (TPSA) is 96.3 Å². The first-order valence-electron chi connectivity index (χ1n) is 10.5. The van der Waals surface area contributed by atoms with Gasteiger partial charge in [0.1, 0.15) is 0 Å². The fraction of sp³-hybridized carbons (Fsp3) is 0.750. The first kappa shape index (κ1) is 18.3. The van der Waals surface area contributed by atoms with Gasteiger partial charge in [0.25, 0.3) is 0 Å². The Balaban J connectivity index is 1.33. The van der Waals surface area contributed by atoms with E-state index in [1.54, 1.807) is 0 Å². The van der Waals surface area contributed by atoms with E-state index in [0.717, 1.165) is 37.8 Å². The summed E-state index contributed by atoms with van der Waals surface area (Å²) in [4.78, 5) is 23.5. The number of fused-ring (bicyclic) bond motifs is 1. The highest BCUT2D eigenvalue weighted by Gasteiger charge is 2.30. The van der Waals surface area contributed by atoms with E-state index in [0.29, 0.717) is 18.9 Å². The van der Waals surface area contributed by atoms with Crippen molar-refractivity contribution in [2.45, 2.75) is 88.8 Å². The number of aliphatic carboxylic acids is 1. The zero-order chi connectivity index (χ0) is 18.8. The molecule has 0 radical (unpaired) electrons.